The Morgan fingerprint density at radius 3 is 2.50 bits per heavy atom. The first-order chi connectivity index (χ1) is 5.55. The average molecular weight is 195 g/mol. The number of nitrogens with zero attached hydrogens (tertiary/aromatic N) is 1. The van der Waals surface area contributed by atoms with Crippen LogP contribution in [-0.4, -0.2) is 9.54 Å². The van der Waals surface area contributed by atoms with Crippen LogP contribution in [0.3, 0.4) is 0 Å². The van der Waals surface area contributed by atoms with Gasteiger partial charge in [0.2, 0.25) is 0 Å². The molecule has 0 atom stereocenters. The van der Waals surface area contributed by atoms with Gasteiger partial charge in [-0.05, 0) is 12.1 Å². The minimum absolute atomic E-state index is 0.0398. The zero-order valence-corrected chi connectivity index (χ0v) is 6.49. The van der Waals surface area contributed by atoms with Gasteiger partial charge in [-0.1, -0.05) is 0 Å². The molecule has 0 saturated carbocycles. The summed E-state index contributed by atoms with van der Waals surface area (Å²) in [6.07, 6.45) is -3.48. The molecule has 0 amide bonds. The Morgan fingerprint density at radius 1 is 1.42 bits per heavy atom. The molecule has 1 heterocycles. The third kappa shape index (κ3) is 1.89. The zero-order valence-electron chi connectivity index (χ0n) is 5.67. The van der Waals surface area contributed by atoms with E-state index in [0.29, 0.717) is 0 Å². The number of pyridine rings is 1. The van der Waals surface area contributed by atoms with Gasteiger partial charge in [0.1, 0.15) is 0 Å². The van der Waals surface area contributed by atoms with Crippen LogP contribution in [0.4, 0.5) is 13.2 Å². The highest BCUT2D eigenvalue weighted by molar-refractivity contribution is 7.93. The monoisotopic (exact) mass is 195 g/mol. The highest BCUT2D eigenvalue weighted by Crippen LogP contribution is 2.33. The van der Waals surface area contributed by atoms with Crippen molar-refractivity contribution in [2.24, 2.45) is 0 Å². The smallest absolute Gasteiger partial charge is 0.325 e. The van der Waals surface area contributed by atoms with E-state index in [4.69, 9.17) is 4.55 Å². The molecule has 0 fully saturated rings. The second-order valence-electron chi connectivity index (χ2n) is 1.94. The van der Waals surface area contributed by atoms with Gasteiger partial charge in [-0.15, -0.1) is 0 Å². The van der Waals surface area contributed by atoms with E-state index in [9.17, 15) is 13.2 Å². The Labute approximate surface area is 70.6 Å². The van der Waals surface area contributed by atoms with Gasteiger partial charge in [-0.25, -0.2) is 0 Å². The van der Waals surface area contributed by atoms with Crippen LogP contribution in [0, 0.1) is 0 Å². The molecule has 1 N–H and O–H groups in total. The summed E-state index contributed by atoms with van der Waals surface area (Å²) >= 11 is 0.0398. The standard InChI is InChI=1S/C6H4F3NOS/c7-6(8,9)5-4(12-11)2-1-3-10-5/h1-3,11H. The summed E-state index contributed by atoms with van der Waals surface area (Å²) in [5, 5.41) is 0. The van der Waals surface area contributed by atoms with Crippen LogP contribution in [0.25, 0.3) is 0 Å². The van der Waals surface area contributed by atoms with Crippen LogP contribution >= 0.6 is 12.0 Å². The molecule has 6 heteroatoms. The number of aromatic nitrogens is 1. The second-order valence-corrected chi connectivity index (χ2v) is 2.56. The van der Waals surface area contributed by atoms with Crippen LogP contribution in [-0.2, 0) is 6.18 Å². The lowest BCUT2D eigenvalue weighted by molar-refractivity contribution is -0.143. The Balaban J connectivity index is 3.14. The van der Waals surface area contributed by atoms with Gasteiger partial charge in [-0.3, -0.25) is 4.98 Å². The Morgan fingerprint density at radius 2 is 2.08 bits per heavy atom. The lowest BCUT2D eigenvalue weighted by atomic mass is 10.3. The van der Waals surface area contributed by atoms with E-state index in [-0.39, 0.29) is 16.9 Å². The molecule has 1 rings (SSSR count). The Hall–Kier alpha value is -0.750. The van der Waals surface area contributed by atoms with Gasteiger partial charge in [0.15, 0.2) is 5.69 Å². The summed E-state index contributed by atoms with van der Waals surface area (Å²) in [5.74, 6) is 0. The summed E-state index contributed by atoms with van der Waals surface area (Å²) in [6.45, 7) is 0. The summed E-state index contributed by atoms with van der Waals surface area (Å²) in [4.78, 5) is 2.83. The van der Waals surface area contributed by atoms with Crippen molar-refractivity contribution in [3.05, 3.63) is 24.0 Å². The third-order valence-corrected chi connectivity index (χ3v) is 1.66. The summed E-state index contributed by atoms with van der Waals surface area (Å²) in [7, 11) is 0. The fraction of sp³-hybridized carbons (Fsp3) is 0.167. The van der Waals surface area contributed by atoms with E-state index >= 15 is 0 Å². The molecule has 0 bridgehead atoms. The van der Waals surface area contributed by atoms with Gasteiger partial charge < -0.3 is 4.55 Å². The van der Waals surface area contributed by atoms with Crippen molar-refractivity contribution in [3.63, 3.8) is 0 Å². The average Bonchev–Trinajstić information content (AvgIpc) is 2.03. The van der Waals surface area contributed by atoms with Crippen LogP contribution in [0.2, 0.25) is 0 Å². The predicted molar refractivity (Wildman–Crippen MR) is 37.7 cm³/mol. The minimum Gasteiger partial charge on any atom is -0.325 e. The van der Waals surface area contributed by atoms with Crippen molar-refractivity contribution in [2.45, 2.75) is 11.1 Å². The topological polar surface area (TPSA) is 33.1 Å². The fourth-order valence-electron chi connectivity index (χ4n) is 0.677. The minimum atomic E-state index is -4.51. The molecular formula is C6H4F3NOS. The SMILES string of the molecule is OSc1cccnc1C(F)(F)F. The third-order valence-electron chi connectivity index (χ3n) is 1.14. The normalized spacial score (nSPS) is 11.7. The molecular weight excluding hydrogens is 191 g/mol. The first-order valence-corrected chi connectivity index (χ1v) is 3.66. The predicted octanol–water partition coefficient (Wildman–Crippen LogP) is 2.67. The molecule has 0 saturated heterocycles. The molecule has 12 heavy (non-hydrogen) atoms. The molecule has 0 aliphatic rings. The van der Waals surface area contributed by atoms with Crippen molar-refractivity contribution >= 4 is 12.0 Å². The quantitative estimate of drug-likeness (QED) is 0.699. The maximum atomic E-state index is 12.0. The summed E-state index contributed by atoms with van der Waals surface area (Å²) in [5.41, 5.74) is -1.06. The number of hydrogen-bond acceptors (Lipinski definition) is 3. The highest BCUT2D eigenvalue weighted by atomic mass is 32.2. The van der Waals surface area contributed by atoms with E-state index in [1.807, 2.05) is 0 Å². The van der Waals surface area contributed by atoms with E-state index in [1.165, 1.54) is 6.07 Å². The molecule has 1 aromatic heterocycles. The van der Waals surface area contributed by atoms with Gasteiger partial charge in [0, 0.05) is 18.2 Å². The van der Waals surface area contributed by atoms with Crippen LogP contribution in [0.15, 0.2) is 23.2 Å². The van der Waals surface area contributed by atoms with Crippen molar-refractivity contribution < 1.29 is 17.7 Å². The molecule has 1 aromatic rings. The van der Waals surface area contributed by atoms with Gasteiger partial charge >= 0.3 is 6.18 Å². The van der Waals surface area contributed by atoms with Gasteiger partial charge in [-0.2, -0.15) is 13.2 Å². The maximum Gasteiger partial charge on any atom is 0.434 e. The molecule has 66 valence electrons. The van der Waals surface area contributed by atoms with E-state index in [2.05, 4.69) is 4.98 Å². The van der Waals surface area contributed by atoms with Crippen LogP contribution in [0.5, 0.6) is 0 Å². The Bertz CT molecular complexity index is 276. The largest absolute Gasteiger partial charge is 0.434 e. The van der Waals surface area contributed by atoms with Crippen molar-refractivity contribution in [2.75, 3.05) is 0 Å². The number of halogens is 3. The molecule has 2 nitrogen and oxygen atoms in total. The molecule has 0 unspecified atom stereocenters. The lowest BCUT2D eigenvalue weighted by Crippen LogP contribution is -2.09. The zero-order chi connectivity index (χ0) is 9.19. The lowest BCUT2D eigenvalue weighted by Gasteiger charge is -2.07. The van der Waals surface area contributed by atoms with Crippen molar-refractivity contribution in [1.82, 2.24) is 4.98 Å². The van der Waals surface area contributed by atoms with Gasteiger partial charge in [0.25, 0.3) is 0 Å². The van der Waals surface area contributed by atoms with E-state index < -0.39 is 11.9 Å². The summed E-state index contributed by atoms with van der Waals surface area (Å²) < 4.78 is 44.6. The maximum absolute atomic E-state index is 12.0. The van der Waals surface area contributed by atoms with Crippen LogP contribution < -0.4 is 0 Å². The Kier molecular flexibility index (Phi) is 2.58. The molecule has 0 aromatic carbocycles. The first-order valence-electron chi connectivity index (χ1n) is 2.89. The van der Waals surface area contributed by atoms with Crippen LogP contribution in [0.1, 0.15) is 5.69 Å². The molecule has 0 aliphatic carbocycles. The highest BCUT2D eigenvalue weighted by Gasteiger charge is 2.35. The van der Waals surface area contributed by atoms with Crippen molar-refractivity contribution in [3.8, 4) is 0 Å². The first kappa shape index (κ1) is 9.34. The van der Waals surface area contributed by atoms with E-state index in [1.54, 1.807) is 0 Å². The molecule has 0 aliphatic heterocycles. The molecule has 0 spiro atoms. The number of alkyl halides is 3. The fourth-order valence-corrected chi connectivity index (χ4v) is 1.07. The number of hydrogen-bond donors (Lipinski definition) is 1. The van der Waals surface area contributed by atoms with Crippen molar-refractivity contribution in [1.29, 1.82) is 0 Å². The van der Waals surface area contributed by atoms with E-state index in [0.717, 1.165) is 12.3 Å². The number of rotatable bonds is 1. The second kappa shape index (κ2) is 3.32. The summed E-state index contributed by atoms with van der Waals surface area (Å²) in [6, 6.07) is 2.48. The molecule has 0 radical (unpaired) electrons. The van der Waals surface area contributed by atoms with Gasteiger partial charge in [0.05, 0.1) is 4.90 Å².